The summed E-state index contributed by atoms with van der Waals surface area (Å²) in [5, 5.41) is 14.9. The van der Waals surface area contributed by atoms with Gasteiger partial charge >= 0.3 is 0 Å². The Labute approximate surface area is 289 Å². The molecule has 1 aliphatic carbocycles. The van der Waals surface area contributed by atoms with Gasteiger partial charge in [0.05, 0.1) is 6.54 Å². The number of aromatic nitrogens is 3. The number of rotatable bonds is 6. The predicted octanol–water partition coefficient (Wildman–Crippen LogP) is 5.11. The van der Waals surface area contributed by atoms with Crippen molar-refractivity contribution in [1.29, 1.82) is 5.41 Å². The third kappa shape index (κ3) is 6.95. The van der Waals surface area contributed by atoms with E-state index in [1.807, 2.05) is 25.1 Å². The zero-order valence-corrected chi connectivity index (χ0v) is 29.4. The second kappa shape index (κ2) is 13.7. The van der Waals surface area contributed by atoms with Crippen LogP contribution in [0.15, 0.2) is 53.4 Å². The molecule has 2 bridgehead atoms. The molecular formula is C36H41BrN8O3. The minimum Gasteiger partial charge on any atom is -0.375 e. The topological polar surface area (TPSA) is 144 Å². The van der Waals surface area contributed by atoms with Gasteiger partial charge in [0.15, 0.2) is 5.78 Å². The predicted molar refractivity (Wildman–Crippen MR) is 189 cm³/mol. The quantitative estimate of drug-likeness (QED) is 0.182. The highest BCUT2D eigenvalue weighted by atomic mass is 79.9. The van der Waals surface area contributed by atoms with Gasteiger partial charge in [-0.2, -0.15) is 0 Å². The third-order valence-corrected chi connectivity index (χ3v) is 10.1. The Bertz CT molecular complexity index is 1810. The summed E-state index contributed by atoms with van der Waals surface area (Å²) in [6, 6.07) is 6.82. The zero-order valence-electron chi connectivity index (χ0n) is 27.8. The van der Waals surface area contributed by atoms with E-state index in [1.165, 1.54) is 6.92 Å². The molecule has 11 nitrogen and oxygen atoms in total. The molecule has 2 fully saturated rings. The third-order valence-electron chi connectivity index (χ3n) is 9.68. The Kier molecular flexibility index (Phi) is 9.57. The van der Waals surface area contributed by atoms with Crippen molar-refractivity contribution in [2.24, 2.45) is 5.41 Å². The number of likely N-dealkylation sites (tertiary alicyclic amines) is 1. The maximum absolute atomic E-state index is 14.2. The molecule has 1 saturated heterocycles. The number of nitrogens with zero attached hydrogens (tertiary/aromatic N) is 5. The van der Waals surface area contributed by atoms with Crippen molar-refractivity contribution >= 4 is 50.7 Å². The van der Waals surface area contributed by atoms with Gasteiger partial charge in [-0.05, 0) is 110 Å². The average molecular weight is 714 g/mol. The van der Waals surface area contributed by atoms with Gasteiger partial charge in [0, 0.05) is 54.1 Å². The van der Waals surface area contributed by atoms with Crippen LogP contribution in [-0.4, -0.2) is 86.8 Å². The fourth-order valence-corrected chi connectivity index (χ4v) is 7.48. The lowest BCUT2D eigenvalue weighted by molar-refractivity contribution is -0.136. The highest BCUT2D eigenvalue weighted by Crippen LogP contribution is 2.60. The van der Waals surface area contributed by atoms with Crippen LogP contribution in [0.4, 0.5) is 11.5 Å². The molecule has 1 saturated carbocycles. The van der Waals surface area contributed by atoms with E-state index in [4.69, 9.17) is 5.41 Å². The first-order valence-corrected chi connectivity index (χ1v) is 17.1. The molecule has 250 valence electrons. The number of Topliss-reactive ketones (excluding diaryl/α,β-unsaturated/α-hetero) is 1. The number of carbonyl (C=O) groups is 3. The van der Waals surface area contributed by atoms with E-state index in [9.17, 15) is 14.4 Å². The van der Waals surface area contributed by atoms with Crippen LogP contribution in [0.2, 0.25) is 0 Å². The summed E-state index contributed by atoms with van der Waals surface area (Å²) < 4.78 is 0.621. The first-order valence-electron chi connectivity index (χ1n) is 16.3. The van der Waals surface area contributed by atoms with Gasteiger partial charge in [-0.3, -0.25) is 19.8 Å². The van der Waals surface area contributed by atoms with Gasteiger partial charge in [-0.1, -0.05) is 18.2 Å². The number of fused-ring (bicyclic) bond motifs is 2. The average Bonchev–Trinajstić information content (AvgIpc) is 3.63. The smallest absolute Gasteiger partial charge is 0.248 e. The van der Waals surface area contributed by atoms with E-state index < -0.39 is 6.04 Å². The summed E-state index contributed by atoms with van der Waals surface area (Å²) in [5.74, 6) is 0.296. The van der Waals surface area contributed by atoms with Crippen molar-refractivity contribution in [2.75, 3.05) is 37.3 Å². The van der Waals surface area contributed by atoms with Crippen molar-refractivity contribution < 1.29 is 14.4 Å². The molecule has 48 heavy (non-hydrogen) atoms. The van der Waals surface area contributed by atoms with Crippen molar-refractivity contribution in [1.82, 2.24) is 24.8 Å². The first-order chi connectivity index (χ1) is 23.0. The second-order valence-corrected chi connectivity index (χ2v) is 14.1. The van der Waals surface area contributed by atoms with Gasteiger partial charge in [0.1, 0.15) is 28.0 Å². The number of halogens is 1. The number of hydrogen-bond acceptors (Lipinski definition) is 9. The van der Waals surface area contributed by atoms with Crippen molar-refractivity contribution in [3.05, 3.63) is 75.9 Å². The summed E-state index contributed by atoms with van der Waals surface area (Å²) in [6.07, 6.45) is 11.8. The van der Waals surface area contributed by atoms with Crippen molar-refractivity contribution in [3.63, 3.8) is 0 Å². The molecule has 1 spiro atoms. The van der Waals surface area contributed by atoms with Crippen LogP contribution in [0.3, 0.4) is 0 Å². The van der Waals surface area contributed by atoms with Gasteiger partial charge < -0.3 is 20.4 Å². The largest absolute Gasteiger partial charge is 0.375 e. The van der Waals surface area contributed by atoms with E-state index in [-0.39, 0.29) is 41.3 Å². The fraction of sp³-hybridized carbons (Fsp3) is 0.417. The maximum Gasteiger partial charge on any atom is 0.248 e. The summed E-state index contributed by atoms with van der Waals surface area (Å²) in [6.45, 7) is 6.69. The number of hydrogen-bond donors (Lipinski definition) is 3. The molecule has 0 unspecified atom stereocenters. The highest BCUT2D eigenvalue weighted by molar-refractivity contribution is 9.10. The summed E-state index contributed by atoms with van der Waals surface area (Å²) in [4.78, 5) is 57.8. The Hall–Kier alpha value is -4.29. The van der Waals surface area contributed by atoms with Crippen molar-refractivity contribution in [3.8, 4) is 11.1 Å². The summed E-state index contributed by atoms with van der Waals surface area (Å²) in [7, 11) is 2.12. The second-order valence-electron chi connectivity index (χ2n) is 13.3. The lowest BCUT2D eigenvalue weighted by Crippen LogP contribution is -2.47. The van der Waals surface area contributed by atoms with Crippen LogP contribution in [-0.2, 0) is 20.8 Å². The number of ketones is 1. The molecule has 2 aliphatic heterocycles. The van der Waals surface area contributed by atoms with E-state index in [0.717, 1.165) is 54.6 Å². The molecule has 3 aromatic rings. The summed E-state index contributed by atoms with van der Waals surface area (Å²) in [5.41, 5.74) is 3.82. The molecule has 2 aromatic heterocycles. The normalized spacial score (nSPS) is 23.2. The lowest BCUT2D eigenvalue weighted by Gasteiger charge is -2.28. The molecular weight excluding hydrogens is 672 g/mol. The van der Waals surface area contributed by atoms with Crippen LogP contribution in [0, 0.1) is 24.7 Å². The van der Waals surface area contributed by atoms with E-state index >= 15 is 0 Å². The highest BCUT2D eigenvalue weighted by Gasteiger charge is 2.67. The van der Waals surface area contributed by atoms with Crippen LogP contribution in [0.25, 0.3) is 11.1 Å². The number of amides is 2. The molecule has 2 amide bonds. The van der Waals surface area contributed by atoms with Crippen LogP contribution < -0.4 is 10.6 Å². The van der Waals surface area contributed by atoms with E-state index in [0.29, 0.717) is 40.3 Å². The van der Waals surface area contributed by atoms with Crippen molar-refractivity contribution in [2.45, 2.75) is 65.0 Å². The van der Waals surface area contributed by atoms with Gasteiger partial charge in [0.2, 0.25) is 11.8 Å². The fourth-order valence-electron chi connectivity index (χ4n) is 7.17. The first kappa shape index (κ1) is 33.6. The molecule has 3 N–H and O–H groups in total. The molecule has 6 rings (SSSR count). The number of benzene rings is 1. The van der Waals surface area contributed by atoms with Gasteiger partial charge in [0.25, 0.3) is 0 Å². The molecule has 1 aromatic carbocycles. The number of allylic oxidation sites excluding steroid dienone is 2. The molecule has 0 radical (unpaired) electrons. The molecule has 3 atom stereocenters. The Morgan fingerprint density at radius 3 is 2.65 bits per heavy atom. The number of carbonyl (C=O) groups excluding carboxylic acids is 3. The molecule has 4 heterocycles. The number of nitrogens with one attached hydrogen (secondary N) is 3. The zero-order chi connectivity index (χ0) is 34.2. The monoisotopic (exact) mass is 712 g/mol. The number of pyridine rings is 1. The standard InChI is InChI=1S/C36H41BrN8O3/c1-21-13-25(26-17-39-23(3)40-18-26)14-27(32(38)22(2)46)33(21)41-19-31(47)45-28-15-36(16-29(36)45)20-44(4)12-8-6-5-7-9-24-10-11-30(37)42-34(24)43-35(28)48/h5,7,10-11,13-14,17-18,28-29,38,41H,6,8-9,12,15-16,19-20H2,1-4H3,(H,42,43,48)/b7-5+,38-32?/t28-,29+,36-/m0/s1. The Morgan fingerprint density at radius 2 is 1.90 bits per heavy atom. The summed E-state index contributed by atoms with van der Waals surface area (Å²) >= 11 is 3.44. The molecule has 3 aliphatic rings. The number of piperidine rings is 1. The van der Waals surface area contributed by atoms with Crippen LogP contribution >= 0.6 is 15.9 Å². The van der Waals surface area contributed by atoms with E-state index in [2.05, 4.69) is 65.6 Å². The minimum atomic E-state index is -0.652. The van der Waals surface area contributed by atoms with Gasteiger partial charge in [-0.25, -0.2) is 15.0 Å². The SMILES string of the molecule is CC(=O)C(=N)c1cc(-c2cnc(C)nc2)cc(C)c1NCC(=O)N1[C@H]2C[C@]3(C[C@@H]13)CN(C)CCC/C=C/Cc1ccc(Br)nc1NC2=O. The maximum atomic E-state index is 14.2. The Morgan fingerprint density at radius 1 is 1.12 bits per heavy atom. The van der Waals surface area contributed by atoms with E-state index in [1.54, 1.807) is 30.3 Å². The van der Waals surface area contributed by atoms with Crippen LogP contribution in [0.1, 0.15) is 55.1 Å². The lowest BCUT2D eigenvalue weighted by atomic mass is 9.95. The van der Waals surface area contributed by atoms with Gasteiger partial charge in [-0.15, -0.1) is 0 Å². The Balaban J connectivity index is 1.28. The number of aryl methyl sites for hydroxylation is 2. The molecule has 12 heteroatoms. The number of anilines is 2. The van der Waals surface area contributed by atoms with Crippen LogP contribution in [0.5, 0.6) is 0 Å². The minimum absolute atomic E-state index is 0.0484.